The van der Waals surface area contributed by atoms with Crippen LogP contribution in [0.5, 0.6) is 11.5 Å². The maximum atomic E-state index is 12.0. The summed E-state index contributed by atoms with van der Waals surface area (Å²) in [6, 6.07) is 12.3. The Morgan fingerprint density at radius 2 is 1.75 bits per heavy atom. The standard InChI is InChI=1S/C18H16N2O4/c1-22-15-8-3-11(10-16(15)23-2)9-14-18(21)24-17(20-14)12-4-6-13(19)7-5-12/h3-10H,19H2,1-2H3/b14-9-. The first kappa shape index (κ1) is 15.6. The minimum atomic E-state index is -0.503. The van der Waals surface area contributed by atoms with Gasteiger partial charge in [-0.3, -0.25) is 0 Å². The van der Waals surface area contributed by atoms with Crippen molar-refractivity contribution >= 4 is 23.6 Å². The molecular formula is C18H16N2O4. The van der Waals surface area contributed by atoms with Gasteiger partial charge in [-0.1, -0.05) is 6.07 Å². The van der Waals surface area contributed by atoms with Crippen molar-refractivity contribution in [2.24, 2.45) is 4.99 Å². The Balaban J connectivity index is 1.92. The third-order valence-electron chi connectivity index (χ3n) is 3.49. The van der Waals surface area contributed by atoms with Gasteiger partial charge in [0.15, 0.2) is 17.2 Å². The highest BCUT2D eigenvalue weighted by molar-refractivity contribution is 6.12. The smallest absolute Gasteiger partial charge is 0.363 e. The van der Waals surface area contributed by atoms with Crippen LogP contribution in [0.2, 0.25) is 0 Å². The molecule has 6 heteroatoms. The molecule has 2 aromatic rings. The van der Waals surface area contributed by atoms with E-state index in [2.05, 4.69) is 4.99 Å². The van der Waals surface area contributed by atoms with Gasteiger partial charge in [0.1, 0.15) is 0 Å². The first-order valence-electron chi connectivity index (χ1n) is 7.21. The van der Waals surface area contributed by atoms with Crippen molar-refractivity contribution in [1.29, 1.82) is 0 Å². The number of ether oxygens (including phenoxy) is 3. The zero-order valence-corrected chi connectivity index (χ0v) is 13.3. The molecule has 0 atom stereocenters. The lowest BCUT2D eigenvalue weighted by Crippen LogP contribution is -2.05. The van der Waals surface area contributed by atoms with Crippen LogP contribution < -0.4 is 15.2 Å². The molecule has 0 fully saturated rings. The Labute approximate surface area is 139 Å². The molecule has 0 radical (unpaired) electrons. The fourth-order valence-corrected chi connectivity index (χ4v) is 2.26. The van der Waals surface area contributed by atoms with Crippen LogP contribution in [0, 0.1) is 0 Å². The summed E-state index contributed by atoms with van der Waals surface area (Å²) in [6.45, 7) is 0. The van der Waals surface area contributed by atoms with Crippen LogP contribution in [0.25, 0.3) is 6.08 Å². The molecule has 1 aliphatic rings. The van der Waals surface area contributed by atoms with E-state index >= 15 is 0 Å². The second-order valence-electron chi connectivity index (χ2n) is 5.07. The lowest BCUT2D eigenvalue weighted by Gasteiger charge is -2.07. The average Bonchev–Trinajstić information content (AvgIpc) is 2.96. The molecule has 0 amide bonds. The van der Waals surface area contributed by atoms with Crippen molar-refractivity contribution in [2.75, 3.05) is 20.0 Å². The Morgan fingerprint density at radius 1 is 1.04 bits per heavy atom. The number of esters is 1. The molecule has 0 bridgehead atoms. The summed E-state index contributed by atoms with van der Waals surface area (Å²) < 4.78 is 15.7. The maximum absolute atomic E-state index is 12.0. The number of methoxy groups -OCH3 is 2. The first-order chi connectivity index (χ1) is 11.6. The number of carbonyl (C=O) groups excluding carboxylic acids is 1. The molecule has 3 rings (SSSR count). The number of carbonyl (C=O) groups is 1. The number of hydrogen-bond donors (Lipinski definition) is 1. The zero-order chi connectivity index (χ0) is 17.1. The molecule has 0 unspecified atom stereocenters. The van der Waals surface area contributed by atoms with Crippen LogP contribution in [0.15, 0.2) is 53.2 Å². The number of nitrogens with zero attached hydrogens (tertiary/aromatic N) is 1. The van der Waals surface area contributed by atoms with Crippen molar-refractivity contribution in [3.05, 3.63) is 59.3 Å². The molecule has 2 aromatic carbocycles. The predicted octanol–water partition coefficient (Wildman–Crippen LogP) is 2.63. The summed E-state index contributed by atoms with van der Waals surface area (Å²) >= 11 is 0. The second-order valence-corrected chi connectivity index (χ2v) is 5.07. The topological polar surface area (TPSA) is 83.1 Å². The average molecular weight is 324 g/mol. The Bertz CT molecular complexity index is 839. The van der Waals surface area contributed by atoms with Crippen LogP contribution in [-0.4, -0.2) is 26.1 Å². The molecule has 0 saturated heterocycles. The second kappa shape index (κ2) is 6.45. The summed E-state index contributed by atoms with van der Waals surface area (Å²) in [5, 5.41) is 0. The van der Waals surface area contributed by atoms with E-state index in [4.69, 9.17) is 19.9 Å². The highest BCUT2D eigenvalue weighted by Crippen LogP contribution is 2.29. The van der Waals surface area contributed by atoms with E-state index in [0.29, 0.717) is 22.7 Å². The number of rotatable bonds is 4. The predicted molar refractivity (Wildman–Crippen MR) is 91.0 cm³/mol. The number of aliphatic imine (C=N–C) groups is 1. The monoisotopic (exact) mass is 324 g/mol. The van der Waals surface area contributed by atoms with Crippen molar-refractivity contribution in [3.8, 4) is 11.5 Å². The van der Waals surface area contributed by atoms with Crippen molar-refractivity contribution in [1.82, 2.24) is 0 Å². The van der Waals surface area contributed by atoms with Crippen LogP contribution in [0.4, 0.5) is 5.69 Å². The highest BCUT2D eigenvalue weighted by Gasteiger charge is 2.24. The quantitative estimate of drug-likeness (QED) is 0.531. The first-order valence-corrected chi connectivity index (χ1v) is 7.21. The van der Waals surface area contributed by atoms with E-state index in [-0.39, 0.29) is 11.6 Å². The van der Waals surface area contributed by atoms with Gasteiger partial charge in [-0.15, -0.1) is 0 Å². The SMILES string of the molecule is COc1ccc(/C=C2\N=C(c3ccc(N)cc3)OC2=O)cc1OC. The molecule has 122 valence electrons. The van der Waals surface area contributed by atoms with Crippen LogP contribution >= 0.6 is 0 Å². The molecule has 1 heterocycles. The Kier molecular flexibility index (Phi) is 4.20. The van der Waals surface area contributed by atoms with Crippen LogP contribution in [0.3, 0.4) is 0 Å². The summed E-state index contributed by atoms with van der Waals surface area (Å²) in [5.41, 5.74) is 7.94. The Morgan fingerprint density at radius 3 is 2.42 bits per heavy atom. The largest absolute Gasteiger partial charge is 0.493 e. The molecule has 0 saturated carbocycles. The Hall–Kier alpha value is -3.28. The lowest BCUT2D eigenvalue weighted by molar-refractivity contribution is -0.129. The molecule has 0 spiro atoms. The van der Waals surface area contributed by atoms with Gasteiger partial charge in [-0.05, 0) is 48.0 Å². The number of nitrogen functional groups attached to an aromatic ring is 1. The number of cyclic esters (lactones) is 1. The van der Waals surface area contributed by atoms with Gasteiger partial charge in [0.2, 0.25) is 5.90 Å². The molecule has 1 aliphatic heterocycles. The van der Waals surface area contributed by atoms with E-state index in [1.54, 1.807) is 62.8 Å². The van der Waals surface area contributed by atoms with E-state index in [9.17, 15) is 4.79 Å². The van der Waals surface area contributed by atoms with Gasteiger partial charge in [0.05, 0.1) is 14.2 Å². The molecule has 0 aromatic heterocycles. The van der Waals surface area contributed by atoms with Gasteiger partial charge in [0.25, 0.3) is 0 Å². The molecule has 2 N–H and O–H groups in total. The third-order valence-corrected chi connectivity index (χ3v) is 3.49. The van der Waals surface area contributed by atoms with Gasteiger partial charge in [0, 0.05) is 11.3 Å². The molecule has 0 aliphatic carbocycles. The third kappa shape index (κ3) is 3.08. The van der Waals surface area contributed by atoms with Crippen LogP contribution in [0.1, 0.15) is 11.1 Å². The van der Waals surface area contributed by atoms with Crippen molar-refractivity contribution in [3.63, 3.8) is 0 Å². The van der Waals surface area contributed by atoms with Crippen LogP contribution in [-0.2, 0) is 9.53 Å². The number of nitrogens with two attached hydrogens (primary N) is 1. The normalized spacial score (nSPS) is 15.2. The van der Waals surface area contributed by atoms with Gasteiger partial charge in [-0.25, -0.2) is 9.79 Å². The molecule has 6 nitrogen and oxygen atoms in total. The van der Waals surface area contributed by atoms with Gasteiger partial charge < -0.3 is 19.9 Å². The number of hydrogen-bond acceptors (Lipinski definition) is 6. The minimum absolute atomic E-state index is 0.217. The summed E-state index contributed by atoms with van der Waals surface area (Å²) in [4.78, 5) is 16.3. The minimum Gasteiger partial charge on any atom is -0.493 e. The van der Waals surface area contributed by atoms with Crippen molar-refractivity contribution < 1.29 is 19.0 Å². The number of anilines is 1. The van der Waals surface area contributed by atoms with Crippen molar-refractivity contribution in [2.45, 2.75) is 0 Å². The van der Waals surface area contributed by atoms with E-state index in [1.807, 2.05) is 0 Å². The van der Waals surface area contributed by atoms with E-state index < -0.39 is 5.97 Å². The summed E-state index contributed by atoms with van der Waals surface area (Å²) in [7, 11) is 3.11. The fraction of sp³-hybridized carbons (Fsp3) is 0.111. The zero-order valence-electron chi connectivity index (χ0n) is 13.3. The van der Waals surface area contributed by atoms with E-state index in [0.717, 1.165) is 5.56 Å². The molecule has 24 heavy (non-hydrogen) atoms. The summed E-state index contributed by atoms with van der Waals surface area (Å²) in [6.07, 6.45) is 1.63. The summed E-state index contributed by atoms with van der Waals surface area (Å²) in [5.74, 6) is 0.934. The van der Waals surface area contributed by atoms with E-state index in [1.165, 1.54) is 0 Å². The highest BCUT2D eigenvalue weighted by atomic mass is 16.6. The molecular weight excluding hydrogens is 308 g/mol. The lowest BCUT2D eigenvalue weighted by atomic mass is 10.1. The maximum Gasteiger partial charge on any atom is 0.363 e. The van der Waals surface area contributed by atoms with Gasteiger partial charge in [-0.2, -0.15) is 0 Å². The number of benzene rings is 2. The van der Waals surface area contributed by atoms with Gasteiger partial charge >= 0.3 is 5.97 Å². The fourth-order valence-electron chi connectivity index (χ4n) is 2.26.